The number of nitrogens with zero attached hydrogens (tertiary/aromatic N) is 1. The van der Waals surface area contributed by atoms with Crippen molar-refractivity contribution in [3.05, 3.63) is 16.6 Å². The van der Waals surface area contributed by atoms with Crippen LogP contribution in [0.2, 0.25) is 0 Å². The normalized spacial score (nSPS) is 27.9. The van der Waals surface area contributed by atoms with Crippen LogP contribution < -0.4 is 5.32 Å². The van der Waals surface area contributed by atoms with Gasteiger partial charge in [0.2, 0.25) is 0 Å². The Labute approximate surface area is 101 Å². The molecule has 1 aromatic rings. The second kappa shape index (κ2) is 5.25. The molecule has 1 N–H and O–H groups in total. The highest BCUT2D eigenvalue weighted by Crippen LogP contribution is 2.29. The summed E-state index contributed by atoms with van der Waals surface area (Å²) in [5.41, 5.74) is -0.0291. The van der Waals surface area contributed by atoms with Crippen LogP contribution in [0, 0.1) is 0 Å². The van der Waals surface area contributed by atoms with E-state index < -0.39 is 0 Å². The lowest BCUT2D eigenvalue weighted by Crippen LogP contribution is -2.52. The van der Waals surface area contributed by atoms with Crippen molar-refractivity contribution >= 4 is 11.3 Å². The zero-order chi connectivity index (χ0) is 11.4. The van der Waals surface area contributed by atoms with Crippen molar-refractivity contribution in [1.29, 1.82) is 0 Å². The van der Waals surface area contributed by atoms with Crippen LogP contribution in [0.3, 0.4) is 0 Å². The summed E-state index contributed by atoms with van der Waals surface area (Å²) in [5, 5.41) is 6.62. The number of likely N-dealkylation sites (N-methyl/N-ethyl adjacent to an activating group) is 1. The number of hydrogen-bond donors (Lipinski definition) is 1. The summed E-state index contributed by atoms with van der Waals surface area (Å²) in [5.74, 6) is 0. The third-order valence-corrected chi connectivity index (χ3v) is 4.25. The zero-order valence-corrected chi connectivity index (χ0v) is 10.8. The molecule has 2 atom stereocenters. The fourth-order valence-electron chi connectivity index (χ4n) is 2.38. The summed E-state index contributed by atoms with van der Waals surface area (Å²) in [6.45, 7) is 3.12. The molecule has 1 aromatic heterocycles. The lowest BCUT2D eigenvalue weighted by Gasteiger charge is -2.40. The minimum atomic E-state index is -0.0291. The molecule has 1 aliphatic rings. The summed E-state index contributed by atoms with van der Waals surface area (Å²) in [6, 6.07) is 0.360. The van der Waals surface area contributed by atoms with Gasteiger partial charge in [0.15, 0.2) is 0 Å². The Morgan fingerprint density at radius 1 is 1.62 bits per heavy atom. The van der Waals surface area contributed by atoms with Gasteiger partial charge in [-0.2, -0.15) is 0 Å². The van der Waals surface area contributed by atoms with Gasteiger partial charge in [-0.3, -0.25) is 0 Å². The van der Waals surface area contributed by atoms with Crippen molar-refractivity contribution in [3.63, 3.8) is 0 Å². The monoisotopic (exact) mass is 240 g/mol. The van der Waals surface area contributed by atoms with Crippen LogP contribution >= 0.6 is 11.3 Å². The molecule has 90 valence electrons. The Morgan fingerprint density at radius 3 is 3.06 bits per heavy atom. The summed E-state index contributed by atoms with van der Waals surface area (Å²) in [6.07, 6.45) is 6.45. The van der Waals surface area contributed by atoms with E-state index in [0.29, 0.717) is 6.04 Å². The molecule has 16 heavy (non-hydrogen) atoms. The number of aromatic nitrogens is 1. The third-order valence-electron chi connectivity index (χ3n) is 3.45. The van der Waals surface area contributed by atoms with Gasteiger partial charge in [0.1, 0.15) is 0 Å². The number of rotatable bonds is 4. The first-order valence-electron chi connectivity index (χ1n) is 5.94. The van der Waals surface area contributed by atoms with Crippen molar-refractivity contribution in [3.8, 4) is 0 Å². The maximum Gasteiger partial charge on any atom is 0.0941 e. The number of hydrogen-bond acceptors (Lipinski definition) is 4. The molecule has 0 spiro atoms. The fourth-order valence-corrected chi connectivity index (χ4v) is 3.05. The van der Waals surface area contributed by atoms with E-state index in [2.05, 4.69) is 17.2 Å². The van der Waals surface area contributed by atoms with Gasteiger partial charge in [-0.15, -0.1) is 11.3 Å². The van der Waals surface area contributed by atoms with E-state index in [4.69, 9.17) is 4.74 Å². The van der Waals surface area contributed by atoms with Crippen LogP contribution in [-0.2, 0) is 11.2 Å². The number of ether oxygens (including phenoxy) is 1. The molecule has 0 amide bonds. The highest BCUT2D eigenvalue weighted by atomic mass is 32.1. The van der Waals surface area contributed by atoms with E-state index in [0.717, 1.165) is 19.4 Å². The first-order valence-corrected chi connectivity index (χ1v) is 6.82. The molecule has 0 radical (unpaired) electrons. The van der Waals surface area contributed by atoms with Gasteiger partial charge >= 0.3 is 0 Å². The van der Waals surface area contributed by atoms with Crippen LogP contribution in [0.5, 0.6) is 0 Å². The SMILES string of the molecule is CNC(Cc1nccs1)C1(C)CCCCO1. The van der Waals surface area contributed by atoms with Crippen LogP contribution in [0.25, 0.3) is 0 Å². The smallest absolute Gasteiger partial charge is 0.0941 e. The summed E-state index contributed by atoms with van der Waals surface area (Å²) in [4.78, 5) is 4.35. The molecule has 4 heteroatoms. The van der Waals surface area contributed by atoms with E-state index in [1.54, 1.807) is 11.3 Å². The van der Waals surface area contributed by atoms with Crippen molar-refractivity contribution in [2.24, 2.45) is 0 Å². The van der Waals surface area contributed by atoms with E-state index in [9.17, 15) is 0 Å². The second-order valence-corrected chi connectivity index (χ2v) is 5.57. The van der Waals surface area contributed by atoms with Crippen molar-refractivity contribution in [1.82, 2.24) is 10.3 Å². The first kappa shape index (κ1) is 12.0. The van der Waals surface area contributed by atoms with E-state index in [-0.39, 0.29) is 5.60 Å². The molecule has 0 bridgehead atoms. The lowest BCUT2D eigenvalue weighted by molar-refractivity contribution is -0.0870. The Kier molecular flexibility index (Phi) is 3.95. The van der Waals surface area contributed by atoms with E-state index >= 15 is 0 Å². The molecule has 2 unspecified atom stereocenters. The van der Waals surface area contributed by atoms with Crippen LogP contribution in [-0.4, -0.2) is 30.3 Å². The average Bonchev–Trinajstić information content (AvgIpc) is 2.79. The van der Waals surface area contributed by atoms with Crippen LogP contribution in [0.15, 0.2) is 11.6 Å². The van der Waals surface area contributed by atoms with Crippen molar-refractivity contribution in [2.75, 3.05) is 13.7 Å². The van der Waals surface area contributed by atoms with Crippen molar-refractivity contribution in [2.45, 2.75) is 44.2 Å². The zero-order valence-electron chi connectivity index (χ0n) is 10.0. The summed E-state index contributed by atoms with van der Waals surface area (Å²) < 4.78 is 5.98. The third kappa shape index (κ3) is 2.62. The summed E-state index contributed by atoms with van der Waals surface area (Å²) >= 11 is 1.72. The molecule has 0 aliphatic carbocycles. The highest BCUT2D eigenvalue weighted by molar-refractivity contribution is 7.09. The van der Waals surface area contributed by atoms with Crippen LogP contribution in [0.1, 0.15) is 31.2 Å². The maximum absolute atomic E-state index is 5.98. The predicted octanol–water partition coefficient (Wildman–Crippen LogP) is 2.23. The van der Waals surface area contributed by atoms with Crippen LogP contribution in [0.4, 0.5) is 0 Å². The van der Waals surface area contributed by atoms with Gasteiger partial charge < -0.3 is 10.1 Å². The Hall–Kier alpha value is -0.450. The second-order valence-electron chi connectivity index (χ2n) is 4.59. The highest BCUT2D eigenvalue weighted by Gasteiger charge is 2.36. The minimum absolute atomic E-state index is 0.0291. The maximum atomic E-state index is 5.98. The molecule has 1 aliphatic heterocycles. The largest absolute Gasteiger partial charge is 0.374 e. The number of nitrogens with one attached hydrogen (secondary N) is 1. The fraction of sp³-hybridized carbons (Fsp3) is 0.750. The van der Waals surface area contributed by atoms with Gasteiger partial charge in [0.25, 0.3) is 0 Å². The van der Waals surface area contributed by atoms with E-state index in [1.807, 2.05) is 18.6 Å². The predicted molar refractivity (Wildman–Crippen MR) is 66.9 cm³/mol. The molecule has 0 saturated carbocycles. The van der Waals surface area contributed by atoms with E-state index in [1.165, 1.54) is 17.8 Å². The minimum Gasteiger partial charge on any atom is -0.374 e. The molecule has 1 fully saturated rings. The van der Waals surface area contributed by atoms with Gasteiger partial charge in [-0.05, 0) is 33.2 Å². The van der Waals surface area contributed by atoms with Gasteiger partial charge in [0, 0.05) is 30.6 Å². The van der Waals surface area contributed by atoms with Crippen molar-refractivity contribution < 1.29 is 4.74 Å². The Bertz CT molecular complexity index is 307. The molecule has 0 aromatic carbocycles. The van der Waals surface area contributed by atoms with Gasteiger partial charge in [-0.1, -0.05) is 0 Å². The quantitative estimate of drug-likeness (QED) is 0.876. The lowest BCUT2D eigenvalue weighted by atomic mass is 9.86. The topological polar surface area (TPSA) is 34.2 Å². The average molecular weight is 240 g/mol. The standard InChI is InChI=1S/C12H20N2OS/c1-12(5-3-4-7-15-12)10(13-2)9-11-14-6-8-16-11/h6,8,10,13H,3-5,7,9H2,1-2H3. The molecule has 1 saturated heterocycles. The first-order chi connectivity index (χ1) is 7.74. The summed E-state index contributed by atoms with van der Waals surface area (Å²) in [7, 11) is 2.02. The van der Waals surface area contributed by atoms with Gasteiger partial charge in [-0.25, -0.2) is 4.98 Å². The van der Waals surface area contributed by atoms with Gasteiger partial charge in [0.05, 0.1) is 10.6 Å². The molecule has 2 heterocycles. The Morgan fingerprint density at radius 2 is 2.50 bits per heavy atom. The Balaban J connectivity index is 2.03. The molecular weight excluding hydrogens is 220 g/mol. The molecule has 2 rings (SSSR count). The molecule has 3 nitrogen and oxygen atoms in total. The molecular formula is C12H20N2OS. The number of thiazole rings is 1.